The summed E-state index contributed by atoms with van der Waals surface area (Å²) in [6, 6.07) is 10.0. The number of hydrogen-bond acceptors (Lipinski definition) is 3. The lowest BCUT2D eigenvalue weighted by atomic mass is 9.95. The minimum absolute atomic E-state index is 0.0745. The summed E-state index contributed by atoms with van der Waals surface area (Å²) in [5.74, 6) is 0.0786. The predicted molar refractivity (Wildman–Crippen MR) is 95.4 cm³/mol. The standard InChI is InChI=1S/C19H27N3O3/c1-2-17(16-6-4-3-5-7-16)18(23)20-8-10-21(11-9-20)19(24)22-12-14-25-15-13-22/h3-7,17H,2,8-15H2,1H3. The zero-order chi connectivity index (χ0) is 17.6. The van der Waals surface area contributed by atoms with Crippen molar-refractivity contribution < 1.29 is 14.3 Å². The number of benzene rings is 1. The highest BCUT2D eigenvalue weighted by Gasteiger charge is 2.30. The van der Waals surface area contributed by atoms with Crippen molar-refractivity contribution in [1.29, 1.82) is 0 Å². The highest BCUT2D eigenvalue weighted by Crippen LogP contribution is 2.23. The quantitative estimate of drug-likeness (QED) is 0.839. The molecule has 0 bridgehead atoms. The first-order valence-electron chi connectivity index (χ1n) is 9.16. The molecular formula is C19H27N3O3. The smallest absolute Gasteiger partial charge is 0.320 e. The van der Waals surface area contributed by atoms with E-state index in [4.69, 9.17) is 4.74 Å². The Morgan fingerprint density at radius 1 is 0.920 bits per heavy atom. The third-order valence-corrected chi connectivity index (χ3v) is 5.05. The summed E-state index contributed by atoms with van der Waals surface area (Å²) in [5, 5.41) is 0. The van der Waals surface area contributed by atoms with Gasteiger partial charge in [-0.1, -0.05) is 37.3 Å². The van der Waals surface area contributed by atoms with Crippen LogP contribution in [-0.2, 0) is 9.53 Å². The lowest BCUT2D eigenvalue weighted by Crippen LogP contribution is -2.56. The van der Waals surface area contributed by atoms with E-state index in [2.05, 4.69) is 0 Å². The molecule has 2 heterocycles. The molecule has 0 spiro atoms. The van der Waals surface area contributed by atoms with Crippen LogP contribution in [0.5, 0.6) is 0 Å². The molecule has 2 saturated heterocycles. The third kappa shape index (κ3) is 4.12. The van der Waals surface area contributed by atoms with Crippen molar-refractivity contribution in [3.8, 4) is 0 Å². The fourth-order valence-corrected chi connectivity index (χ4v) is 3.53. The molecule has 0 N–H and O–H groups in total. The molecule has 1 unspecified atom stereocenters. The van der Waals surface area contributed by atoms with Crippen LogP contribution in [0.4, 0.5) is 4.79 Å². The second-order valence-corrected chi connectivity index (χ2v) is 6.57. The molecule has 2 fully saturated rings. The van der Waals surface area contributed by atoms with E-state index in [0.29, 0.717) is 52.5 Å². The van der Waals surface area contributed by atoms with E-state index in [0.717, 1.165) is 12.0 Å². The summed E-state index contributed by atoms with van der Waals surface area (Å²) in [7, 11) is 0. The average molecular weight is 345 g/mol. The number of carbonyl (C=O) groups is 2. The number of piperazine rings is 1. The minimum atomic E-state index is -0.0947. The molecule has 25 heavy (non-hydrogen) atoms. The van der Waals surface area contributed by atoms with Crippen LogP contribution in [0.15, 0.2) is 30.3 Å². The van der Waals surface area contributed by atoms with Gasteiger partial charge in [-0.15, -0.1) is 0 Å². The molecule has 1 aromatic carbocycles. The molecule has 136 valence electrons. The fraction of sp³-hybridized carbons (Fsp3) is 0.579. The van der Waals surface area contributed by atoms with Crippen molar-refractivity contribution in [1.82, 2.24) is 14.7 Å². The maximum Gasteiger partial charge on any atom is 0.320 e. The van der Waals surface area contributed by atoms with Crippen molar-refractivity contribution >= 4 is 11.9 Å². The normalized spacial score (nSPS) is 19.6. The Morgan fingerprint density at radius 3 is 2.08 bits per heavy atom. The maximum atomic E-state index is 12.9. The van der Waals surface area contributed by atoms with Gasteiger partial charge in [-0.05, 0) is 12.0 Å². The summed E-state index contributed by atoms with van der Waals surface area (Å²) in [6.45, 7) is 7.01. The number of amides is 3. The number of rotatable bonds is 3. The van der Waals surface area contributed by atoms with Crippen molar-refractivity contribution in [3.63, 3.8) is 0 Å². The molecule has 3 amide bonds. The van der Waals surface area contributed by atoms with Crippen molar-refractivity contribution in [3.05, 3.63) is 35.9 Å². The van der Waals surface area contributed by atoms with Crippen molar-refractivity contribution in [2.24, 2.45) is 0 Å². The van der Waals surface area contributed by atoms with Crippen molar-refractivity contribution in [2.75, 3.05) is 52.5 Å². The Kier molecular flexibility index (Phi) is 5.91. The molecule has 2 aliphatic heterocycles. The van der Waals surface area contributed by atoms with E-state index in [9.17, 15) is 9.59 Å². The van der Waals surface area contributed by atoms with Crippen LogP contribution >= 0.6 is 0 Å². The van der Waals surface area contributed by atoms with Gasteiger partial charge in [0.25, 0.3) is 0 Å². The van der Waals surface area contributed by atoms with Gasteiger partial charge in [0.15, 0.2) is 0 Å². The van der Waals surface area contributed by atoms with E-state index in [1.165, 1.54) is 0 Å². The van der Waals surface area contributed by atoms with Crippen molar-refractivity contribution in [2.45, 2.75) is 19.3 Å². The summed E-state index contributed by atoms with van der Waals surface area (Å²) >= 11 is 0. The Hall–Kier alpha value is -2.08. The molecule has 6 nitrogen and oxygen atoms in total. The molecule has 3 rings (SSSR count). The van der Waals surface area contributed by atoms with E-state index < -0.39 is 0 Å². The van der Waals surface area contributed by atoms with E-state index in [1.54, 1.807) is 0 Å². The van der Waals surface area contributed by atoms with Crippen LogP contribution in [0.25, 0.3) is 0 Å². The molecule has 2 aliphatic rings. The second-order valence-electron chi connectivity index (χ2n) is 6.57. The van der Waals surface area contributed by atoms with E-state index in [-0.39, 0.29) is 17.9 Å². The van der Waals surface area contributed by atoms with Gasteiger partial charge in [-0.25, -0.2) is 4.79 Å². The highest BCUT2D eigenvalue weighted by molar-refractivity contribution is 5.84. The van der Waals surface area contributed by atoms with Gasteiger partial charge in [0, 0.05) is 39.3 Å². The van der Waals surface area contributed by atoms with Crippen LogP contribution in [0, 0.1) is 0 Å². The highest BCUT2D eigenvalue weighted by atomic mass is 16.5. The van der Waals surface area contributed by atoms with Crippen LogP contribution in [0.3, 0.4) is 0 Å². The summed E-state index contributed by atoms with van der Waals surface area (Å²) < 4.78 is 5.30. The number of ether oxygens (including phenoxy) is 1. The molecule has 0 radical (unpaired) electrons. The minimum Gasteiger partial charge on any atom is -0.378 e. The largest absolute Gasteiger partial charge is 0.378 e. The Morgan fingerprint density at radius 2 is 1.48 bits per heavy atom. The van der Waals surface area contributed by atoms with Gasteiger partial charge in [-0.2, -0.15) is 0 Å². The molecule has 0 aromatic heterocycles. The van der Waals surface area contributed by atoms with Crippen LogP contribution in [0.2, 0.25) is 0 Å². The second kappa shape index (κ2) is 8.34. The molecule has 0 aliphatic carbocycles. The predicted octanol–water partition coefficient (Wildman–Crippen LogP) is 1.78. The molecular weight excluding hydrogens is 318 g/mol. The van der Waals surface area contributed by atoms with Gasteiger partial charge < -0.3 is 19.4 Å². The third-order valence-electron chi connectivity index (χ3n) is 5.05. The number of carbonyl (C=O) groups excluding carboxylic acids is 2. The van der Waals surface area contributed by atoms with Gasteiger partial charge in [0.05, 0.1) is 19.1 Å². The molecule has 1 aromatic rings. The number of urea groups is 1. The van der Waals surface area contributed by atoms with Crippen LogP contribution in [-0.4, -0.2) is 79.1 Å². The summed E-state index contributed by atoms with van der Waals surface area (Å²) in [6.07, 6.45) is 0.787. The first kappa shape index (κ1) is 17.7. The van der Waals surface area contributed by atoms with Gasteiger partial charge >= 0.3 is 6.03 Å². The zero-order valence-electron chi connectivity index (χ0n) is 14.9. The Labute approximate surface area is 149 Å². The van der Waals surface area contributed by atoms with Gasteiger partial charge in [0.2, 0.25) is 5.91 Å². The average Bonchev–Trinajstić information content (AvgIpc) is 2.69. The lowest BCUT2D eigenvalue weighted by molar-refractivity contribution is -0.134. The van der Waals surface area contributed by atoms with E-state index >= 15 is 0 Å². The monoisotopic (exact) mass is 345 g/mol. The lowest BCUT2D eigenvalue weighted by Gasteiger charge is -2.39. The fourth-order valence-electron chi connectivity index (χ4n) is 3.53. The molecule has 0 saturated carbocycles. The van der Waals surface area contributed by atoms with E-state index in [1.807, 2.05) is 52.0 Å². The Balaban J connectivity index is 1.56. The SMILES string of the molecule is CCC(C(=O)N1CCN(C(=O)N2CCOCC2)CC1)c1ccccc1. The molecule has 1 atom stereocenters. The molecule has 6 heteroatoms. The van der Waals surface area contributed by atoms with Crippen LogP contribution in [0.1, 0.15) is 24.8 Å². The number of hydrogen-bond donors (Lipinski definition) is 0. The Bertz CT molecular complexity index is 579. The topological polar surface area (TPSA) is 53.1 Å². The maximum absolute atomic E-state index is 12.9. The summed E-state index contributed by atoms with van der Waals surface area (Å²) in [4.78, 5) is 31.1. The first-order chi connectivity index (χ1) is 12.2. The first-order valence-corrected chi connectivity index (χ1v) is 9.16. The zero-order valence-corrected chi connectivity index (χ0v) is 14.9. The van der Waals surface area contributed by atoms with Gasteiger partial charge in [-0.3, -0.25) is 4.79 Å². The number of morpholine rings is 1. The van der Waals surface area contributed by atoms with Gasteiger partial charge in [0.1, 0.15) is 0 Å². The number of nitrogens with zero attached hydrogens (tertiary/aromatic N) is 3. The van der Waals surface area contributed by atoms with Crippen LogP contribution < -0.4 is 0 Å². The summed E-state index contributed by atoms with van der Waals surface area (Å²) in [5.41, 5.74) is 1.07.